The Morgan fingerprint density at radius 1 is 1.48 bits per heavy atom. The smallest absolute Gasteiger partial charge is 0.409 e. The van der Waals surface area contributed by atoms with Crippen LogP contribution >= 0.6 is 0 Å². The fraction of sp³-hybridized carbons (Fsp3) is 0.529. The number of hydrogen-bond donors (Lipinski definition) is 3. The average Bonchev–Trinajstić information content (AvgIpc) is 3.39. The van der Waals surface area contributed by atoms with Crippen LogP contribution in [0.5, 0.6) is 0 Å². The number of H-pyrrole nitrogens is 1. The van der Waals surface area contributed by atoms with Gasteiger partial charge in [-0.15, -0.1) is 0 Å². The number of aliphatic imine (C=N–C) groups is 1. The molecule has 0 unspecified atom stereocenters. The number of furan rings is 1. The van der Waals surface area contributed by atoms with Crippen molar-refractivity contribution in [2.24, 2.45) is 4.99 Å². The zero-order valence-electron chi connectivity index (χ0n) is 15.6. The van der Waals surface area contributed by atoms with E-state index in [9.17, 15) is 4.79 Å². The lowest BCUT2D eigenvalue weighted by atomic mass is 10.1. The normalized spacial score (nSPS) is 15.6. The summed E-state index contributed by atoms with van der Waals surface area (Å²) in [5.41, 5.74) is 0. The number of nitrogens with one attached hydrogen (secondary N) is 3. The molecule has 10 heteroatoms. The van der Waals surface area contributed by atoms with Gasteiger partial charge in [0.15, 0.2) is 11.7 Å². The molecule has 3 heterocycles. The number of nitrogens with zero attached hydrogens (tertiary/aromatic N) is 4. The third kappa shape index (κ3) is 4.99. The number of piperidine rings is 1. The monoisotopic (exact) mass is 375 g/mol. The first-order chi connectivity index (χ1) is 13.2. The number of guanidine groups is 1. The second kappa shape index (κ2) is 9.06. The van der Waals surface area contributed by atoms with Gasteiger partial charge in [0.1, 0.15) is 5.82 Å². The van der Waals surface area contributed by atoms with Crippen LogP contribution in [0.25, 0.3) is 11.6 Å². The molecule has 1 fully saturated rings. The van der Waals surface area contributed by atoms with E-state index in [-0.39, 0.29) is 12.1 Å². The highest BCUT2D eigenvalue weighted by molar-refractivity contribution is 5.80. The number of carbonyl (C=O) groups is 1. The number of ether oxygens (including phenoxy) is 1. The molecule has 0 aromatic carbocycles. The lowest BCUT2D eigenvalue weighted by Gasteiger charge is -2.32. The first-order valence-electron chi connectivity index (χ1n) is 8.95. The van der Waals surface area contributed by atoms with E-state index in [0.29, 0.717) is 37.6 Å². The Kier molecular flexibility index (Phi) is 6.29. The number of methoxy groups -OCH3 is 1. The lowest BCUT2D eigenvalue weighted by molar-refractivity contribution is 0.111. The molecule has 0 aliphatic carbocycles. The Morgan fingerprint density at radius 2 is 2.30 bits per heavy atom. The van der Waals surface area contributed by atoms with Gasteiger partial charge >= 0.3 is 6.09 Å². The summed E-state index contributed by atoms with van der Waals surface area (Å²) in [4.78, 5) is 21.9. The van der Waals surface area contributed by atoms with Crippen molar-refractivity contribution in [1.29, 1.82) is 0 Å². The number of likely N-dealkylation sites (tertiary alicyclic amines) is 1. The maximum absolute atomic E-state index is 11.5. The minimum Gasteiger partial charge on any atom is -0.461 e. The number of rotatable bonds is 5. The third-order valence-electron chi connectivity index (χ3n) is 4.42. The molecule has 1 amide bonds. The Labute approximate surface area is 157 Å². The van der Waals surface area contributed by atoms with Gasteiger partial charge in [0.25, 0.3) is 0 Å². The Hall–Kier alpha value is -3.04. The zero-order chi connectivity index (χ0) is 19.1. The maximum Gasteiger partial charge on any atom is 0.409 e. The van der Waals surface area contributed by atoms with Gasteiger partial charge in [0, 0.05) is 39.1 Å². The van der Waals surface area contributed by atoms with Crippen LogP contribution in [0.1, 0.15) is 18.7 Å². The van der Waals surface area contributed by atoms with E-state index in [4.69, 9.17) is 9.15 Å². The summed E-state index contributed by atoms with van der Waals surface area (Å²) in [5, 5.41) is 13.7. The van der Waals surface area contributed by atoms with Crippen molar-refractivity contribution in [3.05, 3.63) is 24.2 Å². The van der Waals surface area contributed by atoms with E-state index >= 15 is 0 Å². The van der Waals surface area contributed by atoms with Crippen LogP contribution in [0.4, 0.5) is 4.79 Å². The van der Waals surface area contributed by atoms with E-state index < -0.39 is 0 Å². The van der Waals surface area contributed by atoms with Gasteiger partial charge in [-0.2, -0.15) is 5.10 Å². The van der Waals surface area contributed by atoms with Crippen LogP contribution < -0.4 is 10.6 Å². The molecule has 146 valence electrons. The molecule has 27 heavy (non-hydrogen) atoms. The number of aromatic nitrogens is 3. The summed E-state index contributed by atoms with van der Waals surface area (Å²) >= 11 is 0. The first kappa shape index (κ1) is 18.7. The van der Waals surface area contributed by atoms with Crippen molar-refractivity contribution in [3.8, 4) is 11.6 Å². The minimum atomic E-state index is -0.267. The Balaban J connectivity index is 1.40. The number of hydrogen-bond acceptors (Lipinski definition) is 6. The second-order valence-electron chi connectivity index (χ2n) is 6.21. The highest BCUT2D eigenvalue weighted by Crippen LogP contribution is 2.14. The SMILES string of the molecule is CN=C(NCCc1nc(-c2ccco2)n[nH]1)NC1CCN(C(=O)OC)CC1. The predicted octanol–water partition coefficient (Wildman–Crippen LogP) is 1.00. The van der Waals surface area contributed by atoms with Crippen molar-refractivity contribution in [3.63, 3.8) is 0 Å². The maximum atomic E-state index is 11.5. The molecule has 10 nitrogen and oxygen atoms in total. The van der Waals surface area contributed by atoms with Gasteiger partial charge < -0.3 is 24.7 Å². The largest absolute Gasteiger partial charge is 0.461 e. The summed E-state index contributed by atoms with van der Waals surface area (Å²) in [6.07, 6.45) is 3.71. The van der Waals surface area contributed by atoms with Gasteiger partial charge in [-0.05, 0) is 25.0 Å². The van der Waals surface area contributed by atoms with Gasteiger partial charge in [-0.3, -0.25) is 10.1 Å². The molecule has 1 aliphatic rings. The Bertz CT molecular complexity index is 748. The van der Waals surface area contributed by atoms with Crippen LogP contribution in [0.2, 0.25) is 0 Å². The fourth-order valence-corrected chi connectivity index (χ4v) is 2.95. The third-order valence-corrected chi connectivity index (χ3v) is 4.42. The minimum absolute atomic E-state index is 0.267. The van der Waals surface area contributed by atoms with Crippen LogP contribution in [0, 0.1) is 0 Å². The number of carbonyl (C=O) groups excluding carboxylic acids is 1. The van der Waals surface area contributed by atoms with Gasteiger partial charge in [-0.25, -0.2) is 9.78 Å². The molecule has 0 radical (unpaired) electrons. The van der Waals surface area contributed by atoms with Crippen molar-refractivity contribution in [2.45, 2.75) is 25.3 Å². The molecule has 2 aromatic heterocycles. The van der Waals surface area contributed by atoms with E-state index in [0.717, 1.165) is 24.6 Å². The zero-order valence-corrected chi connectivity index (χ0v) is 15.6. The molecule has 1 aliphatic heterocycles. The summed E-state index contributed by atoms with van der Waals surface area (Å²) in [6, 6.07) is 3.90. The molecule has 0 atom stereocenters. The van der Waals surface area contributed by atoms with Gasteiger partial charge in [0.05, 0.1) is 13.4 Å². The highest BCUT2D eigenvalue weighted by Gasteiger charge is 2.23. The molecule has 0 saturated carbocycles. The van der Waals surface area contributed by atoms with Crippen molar-refractivity contribution >= 4 is 12.1 Å². The van der Waals surface area contributed by atoms with E-state index in [1.54, 1.807) is 24.3 Å². The standard InChI is InChI=1S/C17H25N7O3/c1-18-16(20-12-6-9-24(10-7-12)17(25)26-2)19-8-5-14-21-15(23-22-14)13-4-3-11-27-13/h3-4,11-12H,5-10H2,1-2H3,(H2,18,19,20)(H,21,22,23). The number of aromatic amines is 1. The Morgan fingerprint density at radius 3 is 2.96 bits per heavy atom. The summed E-state index contributed by atoms with van der Waals surface area (Å²) in [5.74, 6) is 2.70. The molecule has 3 rings (SSSR count). The van der Waals surface area contributed by atoms with E-state index in [2.05, 4.69) is 30.8 Å². The summed E-state index contributed by atoms with van der Waals surface area (Å²) in [6.45, 7) is 2.01. The molecule has 0 bridgehead atoms. The lowest BCUT2D eigenvalue weighted by Crippen LogP contribution is -2.50. The number of amides is 1. The average molecular weight is 375 g/mol. The van der Waals surface area contributed by atoms with Crippen molar-refractivity contribution in [2.75, 3.05) is 33.8 Å². The summed E-state index contributed by atoms with van der Waals surface area (Å²) in [7, 11) is 3.15. The van der Waals surface area contributed by atoms with Gasteiger partial charge in [-0.1, -0.05) is 0 Å². The van der Waals surface area contributed by atoms with Crippen molar-refractivity contribution in [1.82, 2.24) is 30.7 Å². The topological polar surface area (TPSA) is 121 Å². The molecular formula is C17H25N7O3. The molecular weight excluding hydrogens is 350 g/mol. The molecule has 1 saturated heterocycles. The molecule has 0 spiro atoms. The molecule has 2 aromatic rings. The quantitative estimate of drug-likeness (QED) is 0.527. The van der Waals surface area contributed by atoms with Gasteiger partial charge in [0.2, 0.25) is 5.82 Å². The van der Waals surface area contributed by atoms with Crippen LogP contribution in [-0.2, 0) is 11.2 Å². The van der Waals surface area contributed by atoms with Crippen LogP contribution in [0.15, 0.2) is 27.8 Å². The highest BCUT2D eigenvalue weighted by atomic mass is 16.5. The van der Waals surface area contributed by atoms with E-state index in [1.807, 2.05) is 6.07 Å². The fourth-order valence-electron chi connectivity index (χ4n) is 2.95. The molecule has 3 N–H and O–H groups in total. The first-order valence-corrected chi connectivity index (χ1v) is 8.95. The second-order valence-corrected chi connectivity index (χ2v) is 6.21. The van der Waals surface area contributed by atoms with Crippen LogP contribution in [0.3, 0.4) is 0 Å². The summed E-state index contributed by atoms with van der Waals surface area (Å²) < 4.78 is 10.0. The van der Waals surface area contributed by atoms with Crippen LogP contribution in [-0.4, -0.2) is 72.0 Å². The van der Waals surface area contributed by atoms with E-state index in [1.165, 1.54) is 7.11 Å². The predicted molar refractivity (Wildman–Crippen MR) is 99.3 cm³/mol. The van der Waals surface area contributed by atoms with Crippen molar-refractivity contribution < 1.29 is 13.9 Å².